The number of ether oxygens (including phenoxy) is 2. The SMILES string of the molecule is CCOc1ccc(NC(=O)[C@@H](C)Oc2ccc(C(C)(C)C)cc2)c2cccnc12. The number of aromatic nitrogens is 1. The van der Waals surface area contributed by atoms with Gasteiger partial charge in [-0.05, 0) is 61.2 Å². The molecule has 0 fully saturated rings. The topological polar surface area (TPSA) is 60.5 Å². The smallest absolute Gasteiger partial charge is 0.265 e. The van der Waals surface area contributed by atoms with Crippen molar-refractivity contribution in [2.24, 2.45) is 0 Å². The number of pyridine rings is 1. The number of fused-ring (bicyclic) bond motifs is 1. The number of nitrogens with one attached hydrogen (secondary N) is 1. The fourth-order valence-corrected chi connectivity index (χ4v) is 3.05. The Morgan fingerprint density at radius 3 is 2.48 bits per heavy atom. The third-order valence-electron chi connectivity index (χ3n) is 4.69. The summed E-state index contributed by atoms with van der Waals surface area (Å²) in [5.41, 5.74) is 2.69. The van der Waals surface area contributed by atoms with Gasteiger partial charge in [0.25, 0.3) is 5.91 Å². The molecule has 29 heavy (non-hydrogen) atoms. The summed E-state index contributed by atoms with van der Waals surface area (Å²) < 4.78 is 11.5. The van der Waals surface area contributed by atoms with Crippen molar-refractivity contribution in [3.63, 3.8) is 0 Å². The molecule has 1 aromatic heterocycles. The molecular weight excluding hydrogens is 364 g/mol. The lowest BCUT2D eigenvalue weighted by Gasteiger charge is -2.20. The van der Waals surface area contributed by atoms with E-state index in [9.17, 15) is 4.79 Å². The van der Waals surface area contributed by atoms with Crippen LogP contribution in [-0.4, -0.2) is 23.6 Å². The predicted octanol–water partition coefficient (Wildman–Crippen LogP) is 5.34. The number of hydrogen-bond acceptors (Lipinski definition) is 4. The fourth-order valence-electron chi connectivity index (χ4n) is 3.05. The molecule has 3 aromatic rings. The number of carbonyl (C=O) groups is 1. The Morgan fingerprint density at radius 2 is 1.83 bits per heavy atom. The highest BCUT2D eigenvalue weighted by Crippen LogP contribution is 2.30. The summed E-state index contributed by atoms with van der Waals surface area (Å²) in [4.78, 5) is 17.1. The van der Waals surface area contributed by atoms with E-state index in [0.29, 0.717) is 23.8 Å². The third-order valence-corrected chi connectivity index (χ3v) is 4.69. The Balaban J connectivity index is 1.74. The molecule has 0 spiro atoms. The zero-order chi connectivity index (χ0) is 21.0. The van der Waals surface area contributed by atoms with E-state index in [0.717, 1.165) is 10.9 Å². The van der Waals surface area contributed by atoms with E-state index in [1.807, 2.05) is 55.5 Å². The minimum absolute atomic E-state index is 0.0737. The monoisotopic (exact) mass is 392 g/mol. The number of nitrogens with zero attached hydrogens (tertiary/aromatic N) is 1. The maximum absolute atomic E-state index is 12.7. The van der Waals surface area contributed by atoms with Crippen LogP contribution >= 0.6 is 0 Å². The quantitative estimate of drug-likeness (QED) is 0.615. The molecule has 152 valence electrons. The van der Waals surface area contributed by atoms with Crippen LogP contribution in [0.4, 0.5) is 5.69 Å². The van der Waals surface area contributed by atoms with E-state index in [4.69, 9.17) is 9.47 Å². The Kier molecular flexibility index (Phi) is 6.06. The minimum atomic E-state index is -0.645. The van der Waals surface area contributed by atoms with E-state index in [2.05, 4.69) is 31.1 Å². The summed E-state index contributed by atoms with van der Waals surface area (Å²) in [7, 11) is 0. The zero-order valence-electron chi connectivity index (χ0n) is 17.7. The van der Waals surface area contributed by atoms with Crippen LogP contribution in [0, 0.1) is 0 Å². The molecule has 5 nitrogen and oxygen atoms in total. The number of carbonyl (C=O) groups excluding carboxylic acids is 1. The summed E-state index contributed by atoms with van der Waals surface area (Å²) >= 11 is 0. The molecule has 2 aromatic carbocycles. The minimum Gasteiger partial charge on any atom is -0.492 e. The number of amides is 1. The summed E-state index contributed by atoms with van der Waals surface area (Å²) in [6.45, 7) is 10.7. The number of benzene rings is 2. The van der Waals surface area contributed by atoms with Gasteiger partial charge in [-0.15, -0.1) is 0 Å². The van der Waals surface area contributed by atoms with Gasteiger partial charge in [0.2, 0.25) is 0 Å². The van der Waals surface area contributed by atoms with Crippen LogP contribution in [0.1, 0.15) is 40.2 Å². The highest BCUT2D eigenvalue weighted by molar-refractivity contribution is 6.04. The second-order valence-electron chi connectivity index (χ2n) is 7.97. The van der Waals surface area contributed by atoms with Crippen LogP contribution in [0.2, 0.25) is 0 Å². The summed E-state index contributed by atoms with van der Waals surface area (Å²) in [5, 5.41) is 3.78. The number of rotatable bonds is 6. The van der Waals surface area contributed by atoms with Crippen molar-refractivity contribution in [1.82, 2.24) is 4.98 Å². The van der Waals surface area contributed by atoms with Crippen molar-refractivity contribution in [2.75, 3.05) is 11.9 Å². The fraction of sp³-hybridized carbons (Fsp3) is 0.333. The van der Waals surface area contributed by atoms with Crippen LogP contribution in [-0.2, 0) is 10.2 Å². The van der Waals surface area contributed by atoms with Crippen LogP contribution in [0.15, 0.2) is 54.7 Å². The Labute approximate surface area is 172 Å². The maximum atomic E-state index is 12.7. The molecule has 0 aliphatic carbocycles. The lowest BCUT2D eigenvalue weighted by atomic mass is 9.87. The highest BCUT2D eigenvalue weighted by atomic mass is 16.5. The maximum Gasteiger partial charge on any atom is 0.265 e. The molecule has 0 radical (unpaired) electrons. The molecule has 0 aliphatic rings. The molecule has 0 saturated carbocycles. The summed E-state index contributed by atoms with van der Waals surface area (Å²) in [6.07, 6.45) is 1.07. The first-order chi connectivity index (χ1) is 13.8. The first kappa shape index (κ1) is 20.6. The largest absolute Gasteiger partial charge is 0.492 e. The van der Waals surface area contributed by atoms with E-state index in [1.165, 1.54) is 5.56 Å². The zero-order valence-corrected chi connectivity index (χ0v) is 17.7. The predicted molar refractivity (Wildman–Crippen MR) is 117 cm³/mol. The molecule has 0 bridgehead atoms. The number of hydrogen-bond donors (Lipinski definition) is 1. The van der Waals surface area contributed by atoms with Gasteiger partial charge in [-0.25, -0.2) is 0 Å². The Bertz CT molecular complexity index is 991. The van der Waals surface area contributed by atoms with E-state index in [1.54, 1.807) is 13.1 Å². The van der Waals surface area contributed by atoms with Gasteiger partial charge >= 0.3 is 0 Å². The second kappa shape index (κ2) is 8.52. The van der Waals surface area contributed by atoms with Crippen molar-refractivity contribution >= 4 is 22.5 Å². The van der Waals surface area contributed by atoms with Gasteiger partial charge in [0.1, 0.15) is 17.0 Å². The lowest BCUT2D eigenvalue weighted by Crippen LogP contribution is -2.30. The van der Waals surface area contributed by atoms with Crippen LogP contribution < -0.4 is 14.8 Å². The van der Waals surface area contributed by atoms with Gasteiger partial charge in [0.05, 0.1) is 12.3 Å². The Morgan fingerprint density at radius 1 is 1.10 bits per heavy atom. The molecule has 0 saturated heterocycles. The van der Waals surface area contributed by atoms with Crippen molar-refractivity contribution in [1.29, 1.82) is 0 Å². The Hall–Kier alpha value is -3.08. The van der Waals surface area contributed by atoms with E-state index < -0.39 is 6.10 Å². The first-order valence-electron chi connectivity index (χ1n) is 9.88. The normalized spacial score (nSPS) is 12.4. The molecular formula is C24H28N2O3. The molecule has 1 amide bonds. The van der Waals surface area contributed by atoms with Crippen molar-refractivity contribution in [3.8, 4) is 11.5 Å². The standard InChI is InChI=1S/C24H28N2O3/c1-6-28-21-14-13-20(19-8-7-15-25-22(19)21)26-23(27)16(2)29-18-11-9-17(10-12-18)24(3,4)5/h7-16H,6H2,1-5H3,(H,26,27)/t16-/m1/s1. The molecule has 1 atom stereocenters. The highest BCUT2D eigenvalue weighted by Gasteiger charge is 2.18. The molecule has 1 N–H and O–H groups in total. The van der Waals surface area contributed by atoms with Gasteiger partial charge in [-0.2, -0.15) is 0 Å². The van der Waals surface area contributed by atoms with Gasteiger partial charge in [0.15, 0.2) is 6.10 Å². The van der Waals surface area contributed by atoms with Crippen LogP contribution in [0.5, 0.6) is 11.5 Å². The van der Waals surface area contributed by atoms with E-state index in [-0.39, 0.29) is 11.3 Å². The number of anilines is 1. The van der Waals surface area contributed by atoms with Crippen molar-refractivity contribution in [3.05, 3.63) is 60.3 Å². The summed E-state index contributed by atoms with van der Waals surface area (Å²) in [5.74, 6) is 1.14. The molecule has 0 unspecified atom stereocenters. The average molecular weight is 392 g/mol. The van der Waals surface area contributed by atoms with Gasteiger partial charge in [-0.3, -0.25) is 9.78 Å². The first-order valence-corrected chi connectivity index (χ1v) is 9.88. The van der Waals surface area contributed by atoms with Gasteiger partial charge < -0.3 is 14.8 Å². The average Bonchev–Trinajstić information content (AvgIpc) is 2.69. The van der Waals surface area contributed by atoms with Crippen LogP contribution in [0.25, 0.3) is 10.9 Å². The molecule has 0 aliphatic heterocycles. The second-order valence-corrected chi connectivity index (χ2v) is 7.97. The molecule has 1 heterocycles. The van der Waals surface area contributed by atoms with Crippen molar-refractivity contribution < 1.29 is 14.3 Å². The molecule has 3 rings (SSSR count). The van der Waals surface area contributed by atoms with Gasteiger partial charge in [0, 0.05) is 11.6 Å². The van der Waals surface area contributed by atoms with E-state index >= 15 is 0 Å². The van der Waals surface area contributed by atoms with Crippen molar-refractivity contribution in [2.45, 2.75) is 46.1 Å². The summed E-state index contributed by atoms with van der Waals surface area (Å²) in [6, 6.07) is 15.3. The lowest BCUT2D eigenvalue weighted by molar-refractivity contribution is -0.122. The van der Waals surface area contributed by atoms with Crippen LogP contribution in [0.3, 0.4) is 0 Å². The van der Waals surface area contributed by atoms with Gasteiger partial charge in [-0.1, -0.05) is 32.9 Å². The third kappa shape index (κ3) is 4.86. The molecule has 5 heteroatoms.